The van der Waals surface area contributed by atoms with Crippen molar-refractivity contribution in [2.45, 2.75) is 109 Å². The van der Waals surface area contributed by atoms with Gasteiger partial charge >= 0.3 is 0 Å². The van der Waals surface area contributed by atoms with E-state index in [0.717, 1.165) is 0 Å². The highest BCUT2D eigenvalue weighted by molar-refractivity contribution is 6.06. The third kappa shape index (κ3) is 2.39. The predicted octanol–water partition coefficient (Wildman–Crippen LogP) is 10.3. The van der Waals surface area contributed by atoms with Crippen molar-refractivity contribution >= 4 is 11.1 Å². The molecule has 0 aromatic heterocycles. The summed E-state index contributed by atoms with van der Waals surface area (Å²) >= 11 is 0. The molecule has 6 rings (SSSR count). The van der Waals surface area contributed by atoms with Crippen LogP contribution in [0.4, 0.5) is 0 Å². The molecule has 0 heterocycles. The van der Waals surface area contributed by atoms with E-state index in [2.05, 4.69) is 96.9 Å². The highest BCUT2D eigenvalue weighted by Crippen LogP contribution is 2.80. The molecule has 192 valence electrons. The van der Waals surface area contributed by atoms with Crippen LogP contribution < -0.4 is 0 Å². The molecule has 0 aliphatic heterocycles. The maximum absolute atomic E-state index is 2.46. The van der Waals surface area contributed by atoms with Crippen LogP contribution in [0.2, 0.25) is 0 Å². The molecule has 1 spiro atoms. The second-order valence-electron chi connectivity index (χ2n) is 12.9. The molecule has 2 aromatic carbocycles. The number of hydrogen-bond donors (Lipinski definition) is 0. The lowest BCUT2D eigenvalue weighted by Crippen LogP contribution is -2.37. The number of fused-ring (bicyclic) bond motifs is 6. The van der Waals surface area contributed by atoms with Crippen molar-refractivity contribution in [2.75, 3.05) is 0 Å². The van der Waals surface area contributed by atoms with E-state index in [1.165, 1.54) is 66.8 Å². The Bertz CT molecular complexity index is 1510. The average Bonchev–Trinajstić information content (AvgIpc) is 3.36. The molecule has 4 aliphatic carbocycles. The summed E-state index contributed by atoms with van der Waals surface area (Å²) < 4.78 is 0. The monoisotopic (exact) mass is 488 g/mol. The summed E-state index contributed by atoms with van der Waals surface area (Å²) in [7, 11) is 0. The summed E-state index contributed by atoms with van der Waals surface area (Å²) in [5, 5.41) is 0. The SMILES string of the molecule is CC1=C(C)C2c3c(C)c(C)c(C)c(C)c3C3=C(C)C(C)=C(C)C4c5c(C)c(C)c(C)c(C)c5C(=C1C)C324. The van der Waals surface area contributed by atoms with Crippen LogP contribution in [0.15, 0.2) is 33.4 Å². The van der Waals surface area contributed by atoms with Crippen LogP contribution in [0.3, 0.4) is 0 Å². The maximum atomic E-state index is 2.46. The predicted molar refractivity (Wildman–Crippen MR) is 161 cm³/mol. The van der Waals surface area contributed by atoms with E-state index in [0.29, 0.717) is 11.8 Å². The number of rotatable bonds is 0. The summed E-state index contributed by atoms with van der Waals surface area (Å²) in [6.45, 7) is 33.6. The van der Waals surface area contributed by atoms with E-state index >= 15 is 0 Å². The molecule has 0 saturated carbocycles. The second kappa shape index (κ2) is 7.28. The van der Waals surface area contributed by atoms with Gasteiger partial charge in [-0.25, -0.2) is 0 Å². The summed E-state index contributed by atoms with van der Waals surface area (Å²) in [5.74, 6) is 0.785. The zero-order valence-electron chi connectivity index (χ0n) is 25.7. The molecule has 0 radical (unpaired) electrons. The van der Waals surface area contributed by atoms with E-state index in [1.807, 2.05) is 0 Å². The Morgan fingerprint density at radius 1 is 0.351 bits per heavy atom. The molecule has 2 atom stereocenters. The van der Waals surface area contributed by atoms with Gasteiger partial charge in [0, 0.05) is 17.3 Å². The molecule has 0 saturated heterocycles. The summed E-state index contributed by atoms with van der Waals surface area (Å²) in [4.78, 5) is 0. The summed E-state index contributed by atoms with van der Waals surface area (Å²) in [6, 6.07) is 0. The Labute approximate surface area is 225 Å². The zero-order chi connectivity index (χ0) is 27.2. The average molecular weight is 489 g/mol. The van der Waals surface area contributed by atoms with E-state index in [9.17, 15) is 0 Å². The maximum Gasteiger partial charge on any atom is 0.0432 e. The fourth-order valence-electron chi connectivity index (χ4n) is 9.30. The lowest BCUT2D eigenvalue weighted by atomic mass is 9.53. The third-order valence-corrected chi connectivity index (χ3v) is 12.2. The topological polar surface area (TPSA) is 0 Å². The Morgan fingerprint density at radius 3 is 0.973 bits per heavy atom. The first-order valence-electron chi connectivity index (χ1n) is 14.2. The van der Waals surface area contributed by atoms with Crippen LogP contribution in [0.5, 0.6) is 0 Å². The van der Waals surface area contributed by atoms with Crippen LogP contribution in [-0.2, 0) is 0 Å². The first kappa shape index (κ1) is 24.7. The molecule has 2 aromatic rings. The fourth-order valence-corrected chi connectivity index (χ4v) is 9.30. The van der Waals surface area contributed by atoms with Gasteiger partial charge in [-0.3, -0.25) is 0 Å². The molecule has 4 aliphatic rings. The standard InChI is InChI=1S/C37H44/c1-15-16(2)22(8)30-29(21(15)7)33-25(11)19(5)27(13)35-31-23(9)17(3)18(4)24(10)32(31)36-28(14)20(6)26(12)34(30)37(33,35)36/h33,36H,1-14H3. The molecule has 0 amide bonds. The van der Waals surface area contributed by atoms with Crippen molar-refractivity contribution in [2.24, 2.45) is 5.41 Å². The van der Waals surface area contributed by atoms with E-state index in [-0.39, 0.29) is 5.41 Å². The minimum Gasteiger partial charge on any atom is -0.0613 e. The van der Waals surface area contributed by atoms with Crippen molar-refractivity contribution in [3.63, 3.8) is 0 Å². The highest BCUT2D eigenvalue weighted by atomic mass is 14.7. The van der Waals surface area contributed by atoms with Crippen LogP contribution >= 0.6 is 0 Å². The van der Waals surface area contributed by atoms with Gasteiger partial charge in [-0.1, -0.05) is 11.1 Å². The molecule has 0 heteroatoms. The van der Waals surface area contributed by atoms with Gasteiger partial charge < -0.3 is 0 Å². The van der Waals surface area contributed by atoms with Crippen LogP contribution in [0, 0.1) is 60.8 Å². The van der Waals surface area contributed by atoms with E-state index < -0.39 is 0 Å². The van der Waals surface area contributed by atoms with Gasteiger partial charge in [0.05, 0.1) is 0 Å². The van der Waals surface area contributed by atoms with Crippen molar-refractivity contribution in [1.29, 1.82) is 0 Å². The van der Waals surface area contributed by atoms with Crippen molar-refractivity contribution in [1.82, 2.24) is 0 Å². The minimum atomic E-state index is -0.0441. The molecule has 2 unspecified atom stereocenters. The molecular formula is C37H44. The Kier molecular flexibility index (Phi) is 4.86. The second-order valence-corrected chi connectivity index (χ2v) is 12.9. The third-order valence-electron chi connectivity index (χ3n) is 12.2. The quantitative estimate of drug-likeness (QED) is 0.346. The van der Waals surface area contributed by atoms with Gasteiger partial charge in [0.2, 0.25) is 0 Å². The van der Waals surface area contributed by atoms with Gasteiger partial charge in [-0.15, -0.1) is 0 Å². The smallest absolute Gasteiger partial charge is 0.0432 e. The first-order chi connectivity index (χ1) is 17.2. The Hall–Kier alpha value is -2.60. The molecular weight excluding hydrogens is 444 g/mol. The minimum absolute atomic E-state index is 0.0441. The molecule has 37 heavy (non-hydrogen) atoms. The lowest BCUT2D eigenvalue weighted by Gasteiger charge is -2.49. The highest BCUT2D eigenvalue weighted by Gasteiger charge is 2.66. The first-order valence-corrected chi connectivity index (χ1v) is 14.2. The Morgan fingerprint density at radius 2 is 0.649 bits per heavy atom. The number of hydrogen-bond acceptors (Lipinski definition) is 0. The van der Waals surface area contributed by atoms with Crippen LogP contribution in [0.1, 0.15) is 120 Å². The van der Waals surface area contributed by atoms with Crippen LogP contribution in [-0.4, -0.2) is 0 Å². The van der Waals surface area contributed by atoms with Crippen molar-refractivity contribution in [3.05, 3.63) is 100 Å². The van der Waals surface area contributed by atoms with E-state index in [1.54, 1.807) is 44.5 Å². The Balaban J connectivity index is 1.95. The van der Waals surface area contributed by atoms with Gasteiger partial charge in [0.1, 0.15) is 0 Å². The van der Waals surface area contributed by atoms with Crippen molar-refractivity contribution < 1.29 is 0 Å². The van der Waals surface area contributed by atoms with Gasteiger partial charge in [-0.2, -0.15) is 0 Å². The molecule has 0 N–H and O–H groups in total. The van der Waals surface area contributed by atoms with Crippen LogP contribution in [0.25, 0.3) is 11.1 Å². The molecule has 0 nitrogen and oxygen atoms in total. The van der Waals surface area contributed by atoms with Gasteiger partial charge in [0.25, 0.3) is 0 Å². The van der Waals surface area contributed by atoms with Gasteiger partial charge in [-0.05, 0) is 197 Å². The summed E-state index contributed by atoms with van der Waals surface area (Å²) in [6.07, 6.45) is 0. The number of benzene rings is 2. The normalized spacial score (nSPS) is 25.8. The van der Waals surface area contributed by atoms with E-state index in [4.69, 9.17) is 0 Å². The van der Waals surface area contributed by atoms with Crippen molar-refractivity contribution in [3.8, 4) is 0 Å². The largest absolute Gasteiger partial charge is 0.0613 e. The fraction of sp³-hybridized carbons (Fsp3) is 0.459. The molecule has 0 bridgehead atoms. The van der Waals surface area contributed by atoms with Gasteiger partial charge in [0.15, 0.2) is 0 Å². The molecule has 0 fully saturated rings. The zero-order valence-corrected chi connectivity index (χ0v) is 25.7. The lowest BCUT2D eigenvalue weighted by molar-refractivity contribution is 0.418. The number of allylic oxidation sites excluding steroid dienone is 8. The summed E-state index contributed by atoms with van der Waals surface area (Å²) in [5.41, 5.74) is 30.9.